The van der Waals surface area contributed by atoms with Crippen LogP contribution in [0.3, 0.4) is 0 Å². The van der Waals surface area contributed by atoms with Crippen LogP contribution in [0.4, 0.5) is 11.4 Å². The average molecular weight is 345 g/mol. The highest BCUT2D eigenvalue weighted by Gasteiger charge is 2.09. The van der Waals surface area contributed by atoms with Gasteiger partial charge in [0.05, 0.1) is 5.69 Å². The molecule has 0 unspecified atom stereocenters. The Morgan fingerprint density at radius 1 is 1.00 bits per heavy atom. The van der Waals surface area contributed by atoms with Crippen molar-refractivity contribution in [2.24, 2.45) is 4.99 Å². The summed E-state index contributed by atoms with van der Waals surface area (Å²) in [6.07, 6.45) is 1.89. The van der Waals surface area contributed by atoms with Crippen LogP contribution < -0.4 is 5.32 Å². The maximum absolute atomic E-state index is 11.1. The minimum atomic E-state index is -0.0789. The molecule has 0 aliphatic heterocycles. The summed E-state index contributed by atoms with van der Waals surface area (Å²) in [6, 6.07) is 18.1. The molecule has 0 aliphatic rings. The van der Waals surface area contributed by atoms with Crippen LogP contribution in [0.15, 0.2) is 59.6 Å². The molecule has 0 fully saturated rings. The van der Waals surface area contributed by atoms with Gasteiger partial charge in [0.1, 0.15) is 0 Å². The van der Waals surface area contributed by atoms with Crippen LogP contribution in [0, 0.1) is 20.8 Å². The third kappa shape index (κ3) is 3.91. The molecule has 1 aromatic heterocycles. The number of amides is 1. The molecular formula is C22H23N3O. The minimum absolute atomic E-state index is 0.0789. The maximum Gasteiger partial charge on any atom is 0.221 e. The number of anilines is 1. The molecule has 26 heavy (non-hydrogen) atoms. The zero-order chi connectivity index (χ0) is 18.7. The number of benzene rings is 2. The smallest absolute Gasteiger partial charge is 0.221 e. The van der Waals surface area contributed by atoms with Gasteiger partial charge >= 0.3 is 0 Å². The highest BCUT2D eigenvalue weighted by atomic mass is 16.1. The number of carbonyl (C=O) groups excluding carboxylic acids is 1. The largest absolute Gasteiger partial charge is 0.326 e. The van der Waals surface area contributed by atoms with E-state index >= 15 is 0 Å². The van der Waals surface area contributed by atoms with E-state index in [1.165, 1.54) is 18.2 Å². The van der Waals surface area contributed by atoms with E-state index in [4.69, 9.17) is 0 Å². The highest BCUT2D eigenvalue weighted by Crippen LogP contribution is 2.21. The van der Waals surface area contributed by atoms with Gasteiger partial charge in [-0.25, -0.2) is 0 Å². The van der Waals surface area contributed by atoms with Gasteiger partial charge in [-0.3, -0.25) is 9.79 Å². The average Bonchev–Trinajstić information content (AvgIpc) is 2.89. The van der Waals surface area contributed by atoms with Crippen LogP contribution in [0.5, 0.6) is 0 Å². The monoisotopic (exact) mass is 345 g/mol. The third-order valence-corrected chi connectivity index (χ3v) is 4.30. The predicted molar refractivity (Wildman–Crippen MR) is 108 cm³/mol. The van der Waals surface area contributed by atoms with Gasteiger partial charge in [-0.15, -0.1) is 0 Å². The van der Waals surface area contributed by atoms with Crippen LogP contribution in [-0.4, -0.2) is 16.7 Å². The first kappa shape index (κ1) is 17.7. The van der Waals surface area contributed by atoms with Crippen molar-refractivity contribution in [3.05, 3.63) is 77.1 Å². The summed E-state index contributed by atoms with van der Waals surface area (Å²) in [5.41, 5.74) is 7.45. The summed E-state index contributed by atoms with van der Waals surface area (Å²) < 4.78 is 2.24. The van der Waals surface area contributed by atoms with E-state index in [0.29, 0.717) is 0 Å². The van der Waals surface area contributed by atoms with Crippen LogP contribution >= 0.6 is 0 Å². The van der Waals surface area contributed by atoms with Crippen molar-refractivity contribution in [1.82, 2.24) is 4.57 Å². The predicted octanol–water partition coefficient (Wildman–Crippen LogP) is 5.11. The maximum atomic E-state index is 11.1. The lowest BCUT2D eigenvalue weighted by molar-refractivity contribution is -0.114. The second-order valence-electron chi connectivity index (χ2n) is 6.48. The Bertz CT molecular complexity index is 948. The fourth-order valence-electron chi connectivity index (χ4n) is 2.99. The van der Waals surface area contributed by atoms with Gasteiger partial charge < -0.3 is 9.88 Å². The Hall–Kier alpha value is -3.14. The fraction of sp³-hybridized carbons (Fsp3) is 0.182. The van der Waals surface area contributed by atoms with Gasteiger partial charge in [0.15, 0.2) is 0 Å². The lowest BCUT2D eigenvalue weighted by atomic mass is 10.2. The number of nitrogens with zero attached hydrogens (tertiary/aromatic N) is 2. The molecule has 0 saturated carbocycles. The minimum Gasteiger partial charge on any atom is -0.326 e. The number of hydrogen-bond acceptors (Lipinski definition) is 2. The lowest BCUT2D eigenvalue weighted by Crippen LogP contribution is -2.04. The van der Waals surface area contributed by atoms with Crippen molar-refractivity contribution < 1.29 is 4.79 Å². The Kier molecular flexibility index (Phi) is 5.03. The van der Waals surface area contributed by atoms with Crippen molar-refractivity contribution in [3.8, 4) is 5.69 Å². The molecule has 3 rings (SSSR count). The van der Waals surface area contributed by atoms with Crippen LogP contribution in [0.1, 0.15) is 29.4 Å². The van der Waals surface area contributed by atoms with Crippen LogP contribution in [0.2, 0.25) is 0 Å². The van der Waals surface area contributed by atoms with Gasteiger partial charge in [-0.05, 0) is 63.2 Å². The molecule has 0 aliphatic carbocycles. The van der Waals surface area contributed by atoms with E-state index < -0.39 is 0 Å². The normalized spacial score (nSPS) is 11.1. The van der Waals surface area contributed by atoms with Crippen molar-refractivity contribution in [2.45, 2.75) is 27.7 Å². The summed E-state index contributed by atoms with van der Waals surface area (Å²) >= 11 is 0. The van der Waals surface area contributed by atoms with E-state index in [1.54, 1.807) is 0 Å². The van der Waals surface area contributed by atoms with E-state index in [0.717, 1.165) is 28.3 Å². The molecule has 0 radical (unpaired) electrons. The molecule has 1 heterocycles. The Morgan fingerprint density at radius 2 is 1.65 bits per heavy atom. The summed E-state index contributed by atoms with van der Waals surface area (Å²) in [4.78, 5) is 15.6. The van der Waals surface area contributed by atoms with Crippen molar-refractivity contribution in [3.63, 3.8) is 0 Å². The van der Waals surface area contributed by atoms with Gasteiger partial charge in [0, 0.05) is 41.5 Å². The Morgan fingerprint density at radius 3 is 2.27 bits per heavy atom. The third-order valence-electron chi connectivity index (χ3n) is 4.30. The number of aliphatic imine (C=N–C) groups is 1. The van der Waals surface area contributed by atoms with Crippen molar-refractivity contribution >= 4 is 23.5 Å². The number of aryl methyl sites for hydroxylation is 2. The fourth-order valence-corrected chi connectivity index (χ4v) is 2.99. The van der Waals surface area contributed by atoms with E-state index in [9.17, 15) is 4.79 Å². The number of hydrogen-bond donors (Lipinski definition) is 1. The molecule has 1 amide bonds. The molecule has 132 valence electrons. The summed E-state index contributed by atoms with van der Waals surface area (Å²) in [7, 11) is 0. The topological polar surface area (TPSA) is 46.4 Å². The standard InChI is InChI=1S/C22H23N3O/c1-15-5-11-22(12-6-15)25-16(2)13-19(17(25)3)14-23-20-7-9-21(10-8-20)24-18(4)26/h5-14H,1-4H3,(H,24,26). The Labute approximate surface area is 154 Å². The van der Waals surface area contributed by atoms with Crippen LogP contribution in [-0.2, 0) is 4.79 Å². The first-order chi connectivity index (χ1) is 12.4. The second kappa shape index (κ2) is 7.40. The zero-order valence-electron chi connectivity index (χ0n) is 15.6. The van der Waals surface area contributed by atoms with Gasteiger partial charge in [0.2, 0.25) is 5.91 Å². The van der Waals surface area contributed by atoms with Crippen molar-refractivity contribution in [1.29, 1.82) is 0 Å². The first-order valence-corrected chi connectivity index (χ1v) is 8.62. The summed E-state index contributed by atoms with van der Waals surface area (Å²) in [5.74, 6) is -0.0789. The molecule has 3 aromatic rings. The quantitative estimate of drug-likeness (QED) is 0.656. The van der Waals surface area contributed by atoms with Gasteiger partial charge in [-0.1, -0.05) is 17.7 Å². The molecule has 1 N–H and O–H groups in total. The van der Waals surface area contributed by atoms with Crippen LogP contribution in [0.25, 0.3) is 5.69 Å². The summed E-state index contributed by atoms with van der Waals surface area (Å²) in [5, 5.41) is 2.75. The summed E-state index contributed by atoms with van der Waals surface area (Å²) in [6.45, 7) is 7.80. The Balaban J connectivity index is 1.84. The van der Waals surface area contributed by atoms with Gasteiger partial charge in [0.25, 0.3) is 0 Å². The van der Waals surface area contributed by atoms with Crippen molar-refractivity contribution in [2.75, 3.05) is 5.32 Å². The van der Waals surface area contributed by atoms with E-state index in [-0.39, 0.29) is 5.91 Å². The lowest BCUT2D eigenvalue weighted by Gasteiger charge is -2.09. The molecule has 2 aromatic carbocycles. The number of carbonyl (C=O) groups is 1. The number of aromatic nitrogens is 1. The number of nitrogens with one attached hydrogen (secondary N) is 1. The molecule has 0 bridgehead atoms. The first-order valence-electron chi connectivity index (χ1n) is 8.62. The molecular weight excluding hydrogens is 322 g/mol. The SMILES string of the molecule is CC(=O)Nc1ccc(N=Cc2cc(C)n(-c3ccc(C)cc3)c2C)cc1. The zero-order valence-corrected chi connectivity index (χ0v) is 15.6. The van der Waals surface area contributed by atoms with E-state index in [1.807, 2.05) is 30.5 Å². The molecule has 0 spiro atoms. The van der Waals surface area contributed by atoms with Gasteiger partial charge in [-0.2, -0.15) is 0 Å². The molecule has 4 nitrogen and oxygen atoms in total. The number of rotatable bonds is 4. The molecule has 4 heteroatoms. The molecule has 0 saturated heterocycles. The second-order valence-corrected chi connectivity index (χ2v) is 6.48. The highest BCUT2D eigenvalue weighted by molar-refractivity contribution is 5.89. The van der Waals surface area contributed by atoms with E-state index in [2.05, 4.69) is 66.0 Å². The molecule has 0 atom stereocenters.